The fourth-order valence-corrected chi connectivity index (χ4v) is 1.71. The highest BCUT2D eigenvalue weighted by Gasteiger charge is 2.11. The van der Waals surface area contributed by atoms with Crippen LogP contribution < -0.4 is 10.6 Å². The molecule has 4 nitrogen and oxygen atoms in total. The van der Waals surface area contributed by atoms with E-state index in [1.807, 2.05) is 13.0 Å². The molecular formula is C14H20N2O2. The number of benzene rings is 1. The first-order valence-electron chi connectivity index (χ1n) is 6.21. The highest BCUT2D eigenvalue weighted by molar-refractivity contribution is 5.94. The summed E-state index contributed by atoms with van der Waals surface area (Å²) in [4.78, 5) is 22.8. The molecule has 1 aromatic carbocycles. The van der Waals surface area contributed by atoms with Crippen molar-refractivity contribution in [3.05, 3.63) is 24.3 Å². The molecule has 0 aromatic heterocycles. The van der Waals surface area contributed by atoms with Crippen LogP contribution in [-0.2, 0) is 9.59 Å². The van der Waals surface area contributed by atoms with Crippen molar-refractivity contribution in [2.75, 3.05) is 10.6 Å². The first-order valence-corrected chi connectivity index (χ1v) is 6.21. The van der Waals surface area contributed by atoms with E-state index in [-0.39, 0.29) is 17.7 Å². The Kier molecular flexibility index (Phi) is 5.36. The number of rotatable bonds is 5. The van der Waals surface area contributed by atoms with Gasteiger partial charge in [0.25, 0.3) is 0 Å². The Morgan fingerprint density at radius 3 is 2.39 bits per heavy atom. The monoisotopic (exact) mass is 248 g/mol. The molecule has 0 aliphatic rings. The highest BCUT2D eigenvalue weighted by Crippen LogP contribution is 2.16. The zero-order valence-corrected chi connectivity index (χ0v) is 11.1. The highest BCUT2D eigenvalue weighted by atomic mass is 16.2. The van der Waals surface area contributed by atoms with Crippen LogP contribution >= 0.6 is 0 Å². The lowest BCUT2D eigenvalue weighted by molar-refractivity contribution is -0.119. The van der Waals surface area contributed by atoms with E-state index in [4.69, 9.17) is 0 Å². The molecule has 0 unspecified atom stereocenters. The van der Waals surface area contributed by atoms with Crippen molar-refractivity contribution in [2.24, 2.45) is 5.92 Å². The van der Waals surface area contributed by atoms with E-state index in [1.54, 1.807) is 18.2 Å². The minimum atomic E-state index is -0.127. The molecule has 0 spiro atoms. The van der Waals surface area contributed by atoms with Gasteiger partial charge in [0, 0.05) is 24.2 Å². The van der Waals surface area contributed by atoms with Gasteiger partial charge in [-0.05, 0) is 24.6 Å². The molecule has 0 heterocycles. The summed E-state index contributed by atoms with van der Waals surface area (Å²) in [5.41, 5.74) is 1.39. The third kappa shape index (κ3) is 4.57. The van der Waals surface area contributed by atoms with Crippen molar-refractivity contribution in [3.8, 4) is 0 Å². The maximum atomic E-state index is 11.8. The second-order valence-corrected chi connectivity index (χ2v) is 4.44. The molecule has 18 heavy (non-hydrogen) atoms. The number of carbonyl (C=O) groups is 2. The Labute approximate surface area is 108 Å². The molecule has 0 radical (unpaired) electrons. The normalized spacial score (nSPS) is 11.7. The van der Waals surface area contributed by atoms with Gasteiger partial charge in [-0.3, -0.25) is 9.59 Å². The van der Waals surface area contributed by atoms with Crippen molar-refractivity contribution in [2.45, 2.75) is 33.6 Å². The Morgan fingerprint density at radius 2 is 1.83 bits per heavy atom. The van der Waals surface area contributed by atoms with Gasteiger partial charge < -0.3 is 10.6 Å². The Hall–Kier alpha value is -1.84. The Bertz CT molecular complexity index is 430. The van der Waals surface area contributed by atoms with Crippen molar-refractivity contribution in [1.29, 1.82) is 0 Å². The van der Waals surface area contributed by atoms with E-state index in [0.29, 0.717) is 11.4 Å². The van der Waals surface area contributed by atoms with Crippen molar-refractivity contribution >= 4 is 23.2 Å². The molecule has 1 rings (SSSR count). The van der Waals surface area contributed by atoms with E-state index in [1.165, 1.54) is 6.92 Å². The van der Waals surface area contributed by atoms with Gasteiger partial charge in [-0.2, -0.15) is 0 Å². The molecule has 0 saturated carbocycles. The first-order chi connectivity index (χ1) is 8.52. The van der Waals surface area contributed by atoms with E-state index in [2.05, 4.69) is 17.6 Å². The van der Waals surface area contributed by atoms with E-state index < -0.39 is 0 Å². The van der Waals surface area contributed by atoms with Crippen molar-refractivity contribution < 1.29 is 9.59 Å². The van der Waals surface area contributed by atoms with Crippen LogP contribution in [0.15, 0.2) is 24.3 Å². The van der Waals surface area contributed by atoms with Crippen molar-refractivity contribution in [3.63, 3.8) is 0 Å². The van der Waals surface area contributed by atoms with Gasteiger partial charge in [-0.1, -0.05) is 26.3 Å². The lowest BCUT2D eigenvalue weighted by atomic mass is 10.1. The number of anilines is 2. The summed E-state index contributed by atoms with van der Waals surface area (Å²) in [6, 6.07) is 7.14. The molecular weight excluding hydrogens is 228 g/mol. The molecule has 0 fully saturated rings. The summed E-state index contributed by atoms with van der Waals surface area (Å²) < 4.78 is 0. The molecule has 2 N–H and O–H groups in total. The third-order valence-corrected chi connectivity index (χ3v) is 2.62. The first kappa shape index (κ1) is 14.2. The standard InChI is InChI=1S/C14H20N2O2/c1-4-6-10(2)14(18)16-13-8-5-7-12(9-13)15-11(3)17/h5,7-10H,4,6H2,1-3H3,(H,15,17)(H,16,18)/t10-/m0/s1. The van der Waals surface area contributed by atoms with Crippen LogP contribution in [0.25, 0.3) is 0 Å². The summed E-state index contributed by atoms with van der Waals surface area (Å²) in [5, 5.41) is 5.53. The molecule has 0 aliphatic carbocycles. The van der Waals surface area contributed by atoms with Gasteiger partial charge in [0.1, 0.15) is 0 Å². The van der Waals surface area contributed by atoms with Gasteiger partial charge >= 0.3 is 0 Å². The summed E-state index contributed by atoms with van der Waals surface area (Å²) in [6.07, 6.45) is 1.86. The Balaban J connectivity index is 2.67. The number of hydrogen-bond donors (Lipinski definition) is 2. The lowest BCUT2D eigenvalue weighted by Gasteiger charge is -2.12. The van der Waals surface area contributed by atoms with Crippen LogP contribution in [0.1, 0.15) is 33.6 Å². The lowest BCUT2D eigenvalue weighted by Crippen LogP contribution is -2.20. The number of nitrogens with one attached hydrogen (secondary N) is 2. The summed E-state index contributed by atoms with van der Waals surface area (Å²) >= 11 is 0. The van der Waals surface area contributed by atoms with Crippen LogP contribution in [0.2, 0.25) is 0 Å². The maximum Gasteiger partial charge on any atom is 0.227 e. The molecule has 4 heteroatoms. The quantitative estimate of drug-likeness (QED) is 0.841. The van der Waals surface area contributed by atoms with Crippen LogP contribution in [0.5, 0.6) is 0 Å². The summed E-state index contributed by atoms with van der Waals surface area (Å²) in [5.74, 6) is -0.117. The predicted molar refractivity (Wildman–Crippen MR) is 73.4 cm³/mol. The third-order valence-electron chi connectivity index (χ3n) is 2.62. The second kappa shape index (κ2) is 6.79. The molecule has 98 valence electrons. The van der Waals surface area contributed by atoms with E-state index >= 15 is 0 Å². The van der Waals surface area contributed by atoms with Crippen LogP contribution in [-0.4, -0.2) is 11.8 Å². The van der Waals surface area contributed by atoms with Crippen LogP contribution in [0.3, 0.4) is 0 Å². The van der Waals surface area contributed by atoms with Gasteiger partial charge in [-0.15, -0.1) is 0 Å². The smallest absolute Gasteiger partial charge is 0.227 e. The van der Waals surface area contributed by atoms with E-state index in [0.717, 1.165) is 12.8 Å². The van der Waals surface area contributed by atoms with Crippen LogP contribution in [0.4, 0.5) is 11.4 Å². The number of amides is 2. The fourth-order valence-electron chi connectivity index (χ4n) is 1.71. The van der Waals surface area contributed by atoms with Crippen molar-refractivity contribution in [1.82, 2.24) is 0 Å². The fraction of sp³-hybridized carbons (Fsp3) is 0.429. The molecule has 1 aromatic rings. The van der Waals surface area contributed by atoms with Gasteiger partial charge in [0.15, 0.2) is 0 Å². The Morgan fingerprint density at radius 1 is 1.22 bits per heavy atom. The number of carbonyl (C=O) groups excluding carboxylic acids is 2. The zero-order valence-electron chi connectivity index (χ0n) is 11.1. The molecule has 2 amide bonds. The minimum Gasteiger partial charge on any atom is -0.326 e. The van der Waals surface area contributed by atoms with Crippen LogP contribution in [0, 0.1) is 5.92 Å². The average molecular weight is 248 g/mol. The summed E-state index contributed by atoms with van der Waals surface area (Å²) in [6.45, 7) is 5.42. The summed E-state index contributed by atoms with van der Waals surface area (Å²) in [7, 11) is 0. The number of hydrogen-bond acceptors (Lipinski definition) is 2. The molecule has 0 saturated heterocycles. The average Bonchev–Trinajstić information content (AvgIpc) is 2.28. The topological polar surface area (TPSA) is 58.2 Å². The zero-order chi connectivity index (χ0) is 13.5. The molecule has 0 aliphatic heterocycles. The predicted octanol–water partition coefficient (Wildman–Crippen LogP) is 3.02. The van der Waals surface area contributed by atoms with Gasteiger partial charge in [-0.25, -0.2) is 0 Å². The second-order valence-electron chi connectivity index (χ2n) is 4.44. The maximum absolute atomic E-state index is 11.8. The largest absolute Gasteiger partial charge is 0.326 e. The molecule has 0 bridgehead atoms. The molecule has 1 atom stereocenters. The van der Waals surface area contributed by atoms with Gasteiger partial charge in [0.05, 0.1) is 0 Å². The van der Waals surface area contributed by atoms with Gasteiger partial charge in [0.2, 0.25) is 11.8 Å². The van der Waals surface area contributed by atoms with E-state index in [9.17, 15) is 9.59 Å². The minimum absolute atomic E-state index is 0.000535. The SMILES string of the molecule is CCC[C@H](C)C(=O)Nc1cccc(NC(C)=O)c1.